The second kappa shape index (κ2) is 8.40. The van der Waals surface area contributed by atoms with E-state index in [-0.39, 0.29) is 11.8 Å². The zero-order valence-electron chi connectivity index (χ0n) is 18.5. The van der Waals surface area contributed by atoms with Crippen molar-refractivity contribution in [2.75, 3.05) is 20.2 Å². The Bertz CT molecular complexity index is 1140. The van der Waals surface area contributed by atoms with Crippen molar-refractivity contribution in [3.8, 4) is 11.5 Å². The molecule has 2 aliphatic rings. The van der Waals surface area contributed by atoms with Crippen LogP contribution in [0.4, 0.5) is 0 Å². The smallest absolute Gasteiger partial charge is 0.177 e. The quantitative estimate of drug-likeness (QED) is 0.468. The molecular formula is C26H27BrN2O4. The molecule has 0 spiro atoms. The van der Waals surface area contributed by atoms with Crippen LogP contribution in [-0.2, 0) is 11.2 Å². The van der Waals surface area contributed by atoms with Gasteiger partial charge in [0.05, 0.1) is 31.2 Å². The maximum absolute atomic E-state index is 12.6. The Labute approximate surface area is 201 Å². The molecule has 1 fully saturated rings. The summed E-state index contributed by atoms with van der Waals surface area (Å²) < 4.78 is 13.3. The summed E-state index contributed by atoms with van der Waals surface area (Å²) in [6.07, 6.45) is 2.02. The van der Waals surface area contributed by atoms with Crippen molar-refractivity contribution in [2.45, 2.75) is 30.1 Å². The molecule has 0 bridgehead atoms. The van der Waals surface area contributed by atoms with Crippen molar-refractivity contribution in [3.63, 3.8) is 0 Å². The van der Waals surface area contributed by atoms with Crippen molar-refractivity contribution in [1.82, 2.24) is 10.3 Å². The Balaban J connectivity index is 1.83. The van der Waals surface area contributed by atoms with E-state index >= 15 is 0 Å². The number of rotatable bonds is 6. The van der Waals surface area contributed by atoms with Crippen LogP contribution in [0.5, 0.6) is 11.5 Å². The predicted molar refractivity (Wildman–Crippen MR) is 128 cm³/mol. The van der Waals surface area contributed by atoms with Crippen molar-refractivity contribution in [1.29, 1.82) is 0 Å². The number of methoxy groups -OCH3 is 1. The third-order valence-electron chi connectivity index (χ3n) is 7.08. The summed E-state index contributed by atoms with van der Waals surface area (Å²) in [5, 5.41) is 27.9. The van der Waals surface area contributed by atoms with Gasteiger partial charge >= 0.3 is 0 Å². The SMILES string of the molecule is CCNC[C@@H]1[C@@H](c2ccccc2)C2(c3ccc(Br)cc3)Oc3cncc(OC)c3[C@]2(O)[C@@H]1O. The van der Waals surface area contributed by atoms with Crippen LogP contribution in [0.15, 0.2) is 71.5 Å². The Morgan fingerprint density at radius 2 is 1.85 bits per heavy atom. The lowest BCUT2D eigenvalue weighted by Crippen LogP contribution is -2.52. The number of nitrogens with one attached hydrogen (secondary N) is 1. The summed E-state index contributed by atoms with van der Waals surface area (Å²) in [4.78, 5) is 4.25. The molecule has 2 heterocycles. The molecular weight excluding hydrogens is 484 g/mol. The molecule has 172 valence electrons. The molecule has 1 aliphatic carbocycles. The second-order valence-corrected chi connectivity index (χ2v) is 9.55. The molecule has 3 N–H and O–H groups in total. The van der Waals surface area contributed by atoms with Gasteiger partial charge in [-0.3, -0.25) is 4.98 Å². The zero-order chi connectivity index (χ0) is 23.2. The van der Waals surface area contributed by atoms with Crippen molar-refractivity contribution < 1.29 is 19.7 Å². The van der Waals surface area contributed by atoms with Crippen molar-refractivity contribution >= 4 is 15.9 Å². The molecule has 1 saturated carbocycles. The molecule has 5 atom stereocenters. The number of aromatic nitrogens is 1. The number of pyridine rings is 1. The number of fused-ring (bicyclic) bond motifs is 3. The summed E-state index contributed by atoms with van der Waals surface area (Å²) in [6.45, 7) is 3.29. The van der Waals surface area contributed by atoms with Crippen LogP contribution in [-0.4, -0.2) is 41.5 Å². The van der Waals surface area contributed by atoms with Gasteiger partial charge in [-0.25, -0.2) is 0 Å². The van der Waals surface area contributed by atoms with Crippen LogP contribution in [0.2, 0.25) is 0 Å². The zero-order valence-corrected chi connectivity index (χ0v) is 20.1. The highest BCUT2D eigenvalue weighted by Gasteiger charge is 2.76. The average molecular weight is 511 g/mol. The van der Waals surface area contributed by atoms with E-state index in [2.05, 4.69) is 26.2 Å². The number of halogens is 1. The number of aliphatic hydroxyl groups excluding tert-OH is 1. The van der Waals surface area contributed by atoms with Crippen LogP contribution in [0.1, 0.15) is 29.5 Å². The van der Waals surface area contributed by atoms with E-state index in [0.717, 1.165) is 22.1 Å². The summed E-state index contributed by atoms with van der Waals surface area (Å²) >= 11 is 3.51. The molecule has 7 heteroatoms. The van der Waals surface area contributed by atoms with Gasteiger partial charge in [0.15, 0.2) is 11.2 Å². The molecule has 0 amide bonds. The van der Waals surface area contributed by atoms with Crippen LogP contribution in [0, 0.1) is 5.92 Å². The third kappa shape index (κ3) is 3.06. The highest BCUT2D eigenvalue weighted by molar-refractivity contribution is 9.10. The van der Waals surface area contributed by atoms with E-state index in [9.17, 15) is 10.2 Å². The van der Waals surface area contributed by atoms with Gasteiger partial charge < -0.3 is 25.0 Å². The van der Waals surface area contributed by atoms with Crippen molar-refractivity contribution in [3.05, 3.63) is 88.2 Å². The first kappa shape index (κ1) is 22.3. The predicted octanol–water partition coefficient (Wildman–Crippen LogP) is 3.71. The standard InChI is InChI=1S/C26H27BrN2O4/c1-3-28-13-19-22(16-7-5-4-6-8-16)26(17-9-11-18(27)12-10-17)25(31,24(19)30)23-20(32-2)14-29-15-21(23)33-26/h4-12,14-15,19,22,24,28,30-31H,3,13H2,1-2H3/t19-,22-,24-,25+,26?/m1/s1. The number of hydrogen-bond acceptors (Lipinski definition) is 6. The highest BCUT2D eigenvalue weighted by Crippen LogP contribution is 2.69. The Morgan fingerprint density at radius 3 is 2.52 bits per heavy atom. The Hall–Kier alpha value is -2.45. The average Bonchev–Trinajstić information content (AvgIpc) is 3.21. The monoisotopic (exact) mass is 510 g/mol. The van der Waals surface area contributed by atoms with Gasteiger partial charge in [0, 0.05) is 22.9 Å². The summed E-state index contributed by atoms with van der Waals surface area (Å²) in [6, 6.07) is 17.7. The van der Waals surface area contributed by atoms with Crippen LogP contribution < -0.4 is 14.8 Å². The number of hydrogen-bond donors (Lipinski definition) is 3. The number of benzene rings is 2. The van der Waals surface area contributed by atoms with Crippen LogP contribution in [0.3, 0.4) is 0 Å². The Morgan fingerprint density at radius 1 is 1.12 bits per heavy atom. The van der Waals surface area contributed by atoms with E-state index in [0.29, 0.717) is 23.6 Å². The van der Waals surface area contributed by atoms with Crippen LogP contribution in [0.25, 0.3) is 0 Å². The van der Waals surface area contributed by atoms with Gasteiger partial charge in [0.1, 0.15) is 11.5 Å². The maximum Gasteiger partial charge on any atom is 0.177 e. The van der Waals surface area contributed by atoms with E-state index in [1.807, 2.05) is 61.5 Å². The molecule has 0 radical (unpaired) electrons. The molecule has 33 heavy (non-hydrogen) atoms. The van der Waals surface area contributed by atoms with Gasteiger partial charge in [-0.2, -0.15) is 0 Å². The first-order chi connectivity index (χ1) is 16.0. The minimum Gasteiger partial charge on any atom is -0.495 e. The maximum atomic E-state index is 12.6. The van der Waals surface area contributed by atoms with Crippen molar-refractivity contribution in [2.24, 2.45) is 5.92 Å². The molecule has 3 aromatic rings. The largest absolute Gasteiger partial charge is 0.495 e. The van der Waals surface area contributed by atoms with Gasteiger partial charge in [-0.05, 0) is 29.8 Å². The normalized spacial score (nSPS) is 29.9. The van der Waals surface area contributed by atoms with E-state index in [4.69, 9.17) is 9.47 Å². The molecule has 0 saturated heterocycles. The topological polar surface area (TPSA) is 83.8 Å². The fraction of sp³-hybridized carbons (Fsp3) is 0.346. The van der Waals surface area contributed by atoms with E-state index in [1.165, 1.54) is 7.11 Å². The van der Waals surface area contributed by atoms with Gasteiger partial charge in [-0.1, -0.05) is 65.3 Å². The third-order valence-corrected chi connectivity index (χ3v) is 7.60. The summed E-state index contributed by atoms with van der Waals surface area (Å²) in [5.41, 5.74) is -0.843. The molecule has 1 aliphatic heterocycles. The minimum atomic E-state index is -1.76. The Kier molecular flexibility index (Phi) is 5.69. The summed E-state index contributed by atoms with van der Waals surface area (Å²) in [7, 11) is 1.53. The number of aliphatic hydroxyl groups is 2. The lowest BCUT2D eigenvalue weighted by Gasteiger charge is -2.41. The fourth-order valence-electron chi connectivity index (χ4n) is 5.77. The number of nitrogens with zero attached hydrogens (tertiary/aromatic N) is 1. The summed E-state index contributed by atoms with van der Waals surface area (Å²) in [5.74, 6) is 0.133. The fourth-order valence-corrected chi connectivity index (χ4v) is 6.03. The van der Waals surface area contributed by atoms with Gasteiger partial charge in [-0.15, -0.1) is 0 Å². The lowest BCUT2D eigenvalue weighted by molar-refractivity contribution is -0.152. The van der Waals surface area contributed by atoms with E-state index < -0.39 is 17.3 Å². The first-order valence-corrected chi connectivity index (χ1v) is 11.9. The number of ether oxygens (including phenoxy) is 2. The molecule has 1 unspecified atom stereocenters. The second-order valence-electron chi connectivity index (χ2n) is 8.63. The highest BCUT2D eigenvalue weighted by atomic mass is 79.9. The minimum absolute atomic E-state index is 0.327. The van der Waals surface area contributed by atoms with Gasteiger partial charge in [0.25, 0.3) is 0 Å². The van der Waals surface area contributed by atoms with Crippen LogP contribution >= 0.6 is 15.9 Å². The molecule has 2 aromatic carbocycles. The first-order valence-electron chi connectivity index (χ1n) is 11.1. The lowest BCUT2D eigenvalue weighted by atomic mass is 9.70. The molecule has 6 nitrogen and oxygen atoms in total. The van der Waals surface area contributed by atoms with E-state index in [1.54, 1.807) is 12.4 Å². The van der Waals surface area contributed by atoms with Gasteiger partial charge in [0.2, 0.25) is 0 Å². The molecule has 1 aromatic heterocycles. The molecule has 5 rings (SSSR count).